The highest BCUT2D eigenvalue weighted by molar-refractivity contribution is 5.77. The summed E-state index contributed by atoms with van der Waals surface area (Å²) in [6, 6.07) is 14.7. The zero-order valence-electron chi connectivity index (χ0n) is 14.0. The molecule has 0 spiro atoms. The van der Waals surface area contributed by atoms with E-state index in [0.717, 1.165) is 25.3 Å². The first kappa shape index (κ1) is 16.9. The van der Waals surface area contributed by atoms with Gasteiger partial charge >= 0.3 is 0 Å². The first-order chi connectivity index (χ1) is 12.2. The average Bonchev–Trinajstić information content (AvgIpc) is 2.68. The maximum Gasteiger partial charge on any atom is 0.260 e. The summed E-state index contributed by atoms with van der Waals surface area (Å²) < 4.78 is 5.52. The molecule has 0 bridgehead atoms. The number of carbonyl (C=O) groups is 1. The molecule has 0 aliphatic carbocycles. The first-order valence-electron chi connectivity index (χ1n) is 8.27. The number of amides is 1. The van der Waals surface area contributed by atoms with E-state index < -0.39 is 0 Å². The predicted molar refractivity (Wildman–Crippen MR) is 92.7 cm³/mol. The molecule has 1 saturated heterocycles. The van der Waals surface area contributed by atoms with Crippen LogP contribution in [-0.2, 0) is 11.3 Å². The molecule has 3 rings (SSSR count). The third-order valence-electron chi connectivity index (χ3n) is 4.18. The van der Waals surface area contributed by atoms with Crippen molar-refractivity contribution in [1.29, 1.82) is 5.26 Å². The van der Waals surface area contributed by atoms with Crippen molar-refractivity contribution in [2.24, 2.45) is 0 Å². The number of ether oxygens (including phenoxy) is 1. The molecule has 0 N–H and O–H groups in total. The molecule has 2 heterocycles. The number of hydrogen-bond donors (Lipinski definition) is 0. The molecule has 1 aromatic heterocycles. The van der Waals surface area contributed by atoms with Crippen molar-refractivity contribution in [2.75, 3.05) is 32.8 Å². The molecule has 1 fully saturated rings. The summed E-state index contributed by atoms with van der Waals surface area (Å²) in [5.74, 6) is 0.586. The number of hydrogen-bond acceptors (Lipinski definition) is 5. The second-order valence-corrected chi connectivity index (χ2v) is 5.90. The molecule has 1 aromatic carbocycles. The quantitative estimate of drug-likeness (QED) is 0.831. The van der Waals surface area contributed by atoms with E-state index in [0.29, 0.717) is 24.4 Å². The Bertz CT molecular complexity index is 732. The van der Waals surface area contributed by atoms with Crippen LogP contribution in [0.25, 0.3) is 0 Å². The molecule has 0 radical (unpaired) electrons. The summed E-state index contributed by atoms with van der Waals surface area (Å²) in [5.41, 5.74) is 1.62. The molecular weight excluding hydrogens is 316 g/mol. The van der Waals surface area contributed by atoms with Crippen LogP contribution < -0.4 is 4.74 Å². The average molecular weight is 336 g/mol. The van der Waals surface area contributed by atoms with E-state index in [4.69, 9.17) is 10.00 Å². The van der Waals surface area contributed by atoms with Crippen LogP contribution in [0.2, 0.25) is 0 Å². The first-order valence-corrected chi connectivity index (χ1v) is 8.27. The number of benzene rings is 1. The Hall–Kier alpha value is -2.91. The van der Waals surface area contributed by atoms with Crippen LogP contribution in [0.3, 0.4) is 0 Å². The van der Waals surface area contributed by atoms with Gasteiger partial charge in [0.05, 0.1) is 17.3 Å². The van der Waals surface area contributed by atoms with Crippen molar-refractivity contribution in [3.05, 3.63) is 59.9 Å². The lowest BCUT2D eigenvalue weighted by Gasteiger charge is -2.34. The minimum atomic E-state index is -0.0122. The molecule has 0 saturated carbocycles. The highest BCUT2D eigenvalue weighted by atomic mass is 16.5. The third kappa shape index (κ3) is 4.78. The molecule has 2 aromatic rings. The minimum absolute atomic E-state index is 0.0122. The van der Waals surface area contributed by atoms with E-state index in [1.165, 1.54) is 0 Å². The number of piperazine rings is 1. The Balaban J connectivity index is 1.42. The molecule has 6 heteroatoms. The van der Waals surface area contributed by atoms with Crippen LogP contribution in [0.1, 0.15) is 11.3 Å². The van der Waals surface area contributed by atoms with Gasteiger partial charge in [0.15, 0.2) is 6.61 Å². The maximum absolute atomic E-state index is 12.3. The van der Waals surface area contributed by atoms with Crippen molar-refractivity contribution in [2.45, 2.75) is 6.54 Å². The van der Waals surface area contributed by atoms with Crippen molar-refractivity contribution >= 4 is 5.91 Å². The smallest absolute Gasteiger partial charge is 0.260 e. The van der Waals surface area contributed by atoms with Gasteiger partial charge in [-0.05, 0) is 36.4 Å². The molecular formula is C19H20N4O2. The predicted octanol–water partition coefficient (Wildman–Crippen LogP) is 1.68. The Morgan fingerprint density at radius 1 is 1.12 bits per heavy atom. The van der Waals surface area contributed by atoms with Crippen LogP contribution >= 0.6 is 0 Å². The summed E-state index contributed by atoms with van der Waals surface area (Å²) in [6.07, 6.45) is 1.80. The number of aromatic nitrogens is 1. The summed E-state index contributed by atoms with van der Waals surface area (Å²) in [5, 5.41) is 8.77. The van der Waals surface area contributed by atoms with E-state index in [-0.39, 0.29) is 12.5 Å². The molecule has 0 unspecified atom stereocenters. The summed E-state index contributed by atoms with van der Waals surface area (Å²) in [7, 11) is 0. The fourth-order valence-electron chi connectivity index (χ4n) is 2.74. The van der Waals surface area contributed by atoms with Gasteiger partial charge < -0.3 is 9.64 Å². The van der Waals surface area contributed by atoms with Gasteiger partial charge in [-0.1, -0.05) is 6.07 Å². The van der Waals surface area contributed by atoms with Crippen molar-refractivity contribution in [3.63, 3.8) is 0 Å². The van der Waals surface area contributed by atoms with E-state index in [1.54, 1.807) is 30.5 Å². The van der Waals surface area contributed by atoms with Crippen LogP contribution in [0.5, 0.6) is 5.75 Å². The minimum Gasteiger partial charge on any atom is -0.484 e. The van der Waals surface area contributed by atoms with Crippen LogP contribution in [0.15, 0.2) is 48.7 Å². The standard InChI is InChI=1S/C19H20N4O2/c20-13-16-4-6-18(7-5-16)25-15-19(24)23-11-9-22(10-12-23)14-17-3-1-2-8-21-17/h1-8H,9-12,14-15H2. The lowest BCUT2D eigenvalue weighted by Crippen LogP contribution is -2.49. The normalized spacial score (nSPS) is 14.8. The Morgan fingerprint density at radius 3 is 2.52 bits per heavy atom. The highest BCUT2D eigenvalue weighted by Gasteiger charge is 2.21. The van der Waals surface area contributed by atoms with Gasteiger partial charge in [0, 0.05) is 38.9 Å². The van der Waals surface area contributed by atoms with Gasteiger partial charge in [-0.2, -0.15) is 5.26 Å². The largest absolute Gasteiger partial charge is 0.484 e. The summed E-state index contributed by atoms with van der Waals surface area (Å²) in [6.45, 7) is 3.89. The van der Waals surface area contributed by atoms with Crippen LogP contribution in [0, 0.1) is 11.3 Å². The molecule has 128 valence electrons. The van der Waals surface area contributed by atoms with E-state index >= 15 is 0 Å². The summed E-state index contributed by atoms with van der Waals surface area (Å²) in [4.78, 5) is 20.7. The highest BCUT2D eigenvalue weighted by Crippen LogP contribution is 2.12. The fraction of sp³-hybridized carbons (Fsp3) is 0.316. The topological polar surface area (TPSA) is 69.5 Å². The molecule has 1 amide bonds. The number of carbonyl (C=O) groups excluding carboxylic acids is 1. The van der Waals surface area contributed by atoms with Crippen molar-refractivity contribution in [3.8, 4) is 11.8 Å². The lowest BCUT2D eigenvalue weighted by molar-refractivity contribution is -0.135. The van der Waals surface area contributed by atoms with E-state index in [9.17, 15) is 4.79 Å². The Kier molecular flexibility index (Phi) is 5.60. The second-order valence-electron chi connectivity index (χ2n) is 5.90. The summed E-state index contributed by atoms with van der Waals surface area (Å²) >= 11 is 0. The fourth-order valence-corrected chi connectivity index (χ4v) is 2.74. The Labute approximate surface area is 147 Å². The third-order valence-corrected chi connectivity index (χ3v) is 4.18. The van der Waals surface area contributed by atoms with Gasteiger partial charge in [0.25, 0.3) is 5.91 Å². The van der Waals surface area contributed by atoms with Gasteiger partial charge in [-0.25, -0.2) is 0 Å². The zero-order valence-corrected chi connectivity index (χ0v) is 14.0. The van der Waals surface area contributed by atoms with E-state index in [2.05, 4.69) is 16.0 Å². The number of rotatable bonds is 5. The maximum atomic E-state index is 12.3. The molecule has 25 heavy (non-hydrogen) atoms. The SMILES string of the molecule is N#Cc1ccc(OCC(=O)N2CCN(Cc3ccccn3)CC2)cc1. The second kappa shape index (κ2) is 8.27. The van der Waals surface area contributed by atoms with Gasteiger partial charge in [0.2, 0.25) is 0 Å². The van der Waals surface area contributed by atoms with Gasteiger partial charge in [-0.15, -0.1) is 0 Å². The van der Waals surface area contributed by atoms with Crippen molar-refractivity contribution < 1.29 is 9.53 Å². The van der Waals surface area contributed by atoms with Gasteiger partial charge in [0.1, 0.15) is 5.75 Å². The van der Waals surface area contributed by atoms with E-state index in [1.807, 2.05) is 23.1 Å². The number of pyridine rings is 1. The lowest BCUT2D eigenvalue weighted by atomic mass is 10.2. The molecule has 1 aliphatic rings. The number of nitriles is 1. The Morgan fingerprint density at radius 2 is 1.88 bits per heavy atom. The molecule has 0 atom stereocenters. The molecule has 1 aliphatic heterocycles. The monoisotopic (exact) mass is 336 g/mol. The van der Waals surface area contributed by atoms with Gasteiger partial charge in [-0.3, -0.25) is 14.7 Å². The van der Waals surface area contributed by atoms with Crippen LogP contribution in [-0.4, -0.2) is 53.5 Å². The molecule has 6 nitrogen and oxygen atoms in total. The van der Waals surface area contributed by atoms with Crippen molar-refractivity contribution in [1.82, 2.24) is 14.8 Å². The zero-order chi connectivity index (χ0) is 17.5. The number of nitrogens with zero attached hydrogens (tertiary/aromatic N) is 4. The van der Waals surface area contributed by atoms with Crippen LogP contribution in [0.4, 0.5) is 0 Å².